The molecule has 2 aromatic carbocycles. The number of hydrogen-bond donors (Lipinski definition) is 1. The lowest BCUT2D eigenvalue weighted by molar-refractivity contribution is -0.119. The summed E-state index contributed by atoms with van der Waals surface area (Å²) >= 11 is 2.79. The van der Waals surface area contributed by atoms with E-state index in [0.29, 0.717) is 10.8 Å². The van der Waals surface area contributed by atoms with Crippen LogP contribution in [0.4, 0.5) is 4.39 Å². The zero-order valence-electron chi connectivity index (χ0n) is 14.1. The fourth-order valence-electron chi connectivity index (χ4n) is 2.67. The first-order chi connectivity index (χ1) is 13.2. The predicted molar refractivity (Wildman–Crippen MR) is 105 cm³/mol. The first-order valence-corrected chi connectivity index (χ1v) is 10.1. The first kappa shape index (κ1) is 17.8. The van der Waals surface area contributed by atoms with Crippen molar-refractivity contribution in [1.82, 2.24) is 10.3 Å². The van der Waals surface area contributed by atoms with Crippen LogP contribution in [-0.4, -0.2) is 16.6 Å². The van der Waals surface area contributed by atoms with Crippen LogP contribution in [0.25, 0.3) is 11.1 Å². The summed E-state index contributed by atoms with van der Waals surface area (Å²) in [5.74, 6) is -0.276. The molecule has 2 heterocycles. The van der Waals surface area contributed by atoms with Crippen LogP contribution in [0, 0.1) is 5.82 Å². The Morgan fingerprint density at radius 2 is 1.96 bits per heavy atom. The molecular weight excluding hydrogens is 383 g/mol. The molecule has 136 valence electrons. The molecule has 0 fully saturated rings. The molecule has 0 aliphatic rings. The predicted octanol–water partition coefficient (Wildman–Crippen LogP) is 5.03. The number of carbonyl (C=O) groups is 1. The molecule has 0 spiro atoms. The summed E-state index contributed by atoms with van der Waals surface area (Å²) in [7, 11) is 0. The lowest BCUT2D eigenvalue weighted by atomic mass is 10.1. The van der Waals surface area contributed by atoms with Gasteiger partial charge in [0.15, 0.2) is 5.58 Å². The summed E-state index contributed by atoms with van der Waals surface area (Å²) in [5, 5.41) is 5.43. The van der Waals surface area contributed by atoms with E-state index < -0.39 is 0 Å². The number of carbonyl (C=O) groups excluding carboxylic acids is 1. The first-order valence-electron chi connectivity index (χ1n) is 8.25. The number of amides is 1. The molecule has 0 aliphatic heterocycles. The molecule has 7 heteroatoms. The number of rotatable bonds is 6. The maximum atomic E-state index is 13.2. The molecular formula is C20H15FN2O2S2. The van der Waals surface area contributed by atoms with Gasteiger partial charge in [-0.05, 0) is 41.3 Å². The summed E-state index contributed by atoms with van der Waals surface area (Å²) < 4.78 is 18.9. The Kier molecular flexibility index (Phi) is 5.22. The highest BCUT2D eigenvalue weighted by Gasteiger charge is 2.19. The molecule has 1 N–H and O–H groups in total. The van der Waals surface area contributed by atoms with Gasteiger partial charge >= 0.3 is 0 Å². The number of benzene rings is 2. The van der Waals surface area contributed by atoms with Gasteiger partial charge in [0.2, 0.25) is 5.91 Å². The summed E-state index contributed by atoms with van der Waals surface area (Å²) in [6.45, 7) is 0. The van der Waals surface area contributed by atoms with Gasteiger partial charge in [0.1, 0.15) is 11.3 Å². The molecule has 0 unspecified atom stereocenters. The maximum Gasteiger partial charge on any atom is 0.257 e. The van der Waals surface area contributed by atoms with Crippen LogP contribution < -0.4 is 5.32 Å². The van der Waals surface area contributed by atoms with Crippen molar-refractivity contribution in [3.8, 4) is 0 Å². The van der Waals surface area contributed by atoms with E-state index in [0.717, 1.165) is 16.0 Å². The Morgan fingerprint density at radius 3 is 2.70 bits per heavy atom. The third kappa shape index (κ3) is 4.20. The second kappa shape index (κ2) is 7.94. The van der Waals surface area contributed by atoms with E-state index in [1.807, 2.05) is 41.8 Å². The Labute approximate surface area is 163 Å². The Hall–Kier alpha value is -2.64. The number of para-hydroxylation sites is 2. The van der Waals surface area contributed by atoms with Crippen molar-refractivity contribution < 1.29 is 13.6 Å². The summed E-state index contributed by atoms with van der Waals surface area (Å²) in [4.78, 5) is 17.9. The standard InChI is InChI=1S/C20H15FN2O2S2/c21-14-9-7-13(8-10-14)19(17-6-3-11-26-17)23-18(24)12-27-20-22-15-4-1-2-5-16(15)25-20/h1-11,19H,12H2,(H,23,24)/t19-/m1/s1. The van der Waals surface area contributed by atoms with E-state index >= 15 is 0 Å². The van der Waals surface area contributed by atoms with Crippen LogP contribution >= 0.6 is 23.1 Å². The molecule has 1 amide bonds. The van der Waals surface area contributed by atoms with E-state index in [2.05, 4.69) is 10.3 Å². The zero-order valence-corrected chi connectivity index (χ0v) is 15.7. The third-order valence-corrected chi connectivity index (χ3v) is 5.70. The number of thiophene rings is 1. The normalized spacial score (nSPS) is 12.2. The van der Waals surface area contributed by atoms with Crippen LogP contribution in [0.15, 0.2) is 75.7 Å². The number of oxazole rings is 1. The molecule has 0 aliphatic carbocycles. The van der Waals surface area contributed by atoms with E-state index in [9.17, 15) is 9.18 Å². The number of nitrogens with zero attached hydrogens (tertiary/aromatic N) is 1. The SMILES string of the molecule is O=C(CSc1nc2ccccc2o1)N[C@H](c1ccc(F)cc1)c1cccs1. The van der Waals surface area contributed by atoms with Crippen molar-refractivity contribution in [1.29, 1.82) is 0 Å². The Morgan fingerprint density at radius 1 is 1.15 bits per heavy atom. The minimum atomic E-state index is -0.317. The minimum absolute atomic E-state index is 0.148. The largest absolute Gasteiger partial charge is 0.431 e. The Bertz CT molecular complexity index is 1010. The van der Waals surface area contributed by atoms with Gasteiger partial charge < -0.3 is 9.73 Å². The van der Waals surface area contributed by atoms with Gasteiger partial charge in [-0.1, -0.05) is 42.1 Å². The van der Waals surface area contributed by atoms with Crippen LogP contribution in [-0.2, 0) is 4.79 Å². The fourth-order valence-corrected chi connectivity index (χ4v) is 4.12. The van der Waals surface area contributed by atoms with Crippen molar-refractivity contribution in [2.45, 2.75) is 11.3 Å². The number of halogens is 1. The van der Waals surface area contributed by atoms with Gasteiger partial charge in [0.05, 0.1) is 11.8 Å². The topological polar surface area (TPSA) is 55.1 Å². The number of aromatic nitrogens is 1. The van der Waals surface area contributed by atoms with Crippen LogP contribution in [0.1, 0.15) is 16.5 Å². The summed E-state index contributed by atoms with van der Waals surface area (Å²) in [5.41, 5.74) is 2.30. The summed E-state index contributed by atoms with van der Waals surface area (Å²) in [6, 6.07) is 17.2. The lowest BCUT2D eigenvalue weighted by Gasteiger charge is -2.18. The third-order valence-electron chi connectivity index (χ3n) is 3.94. The number of thioether (sulfide) groups is 1. The minimum Gasteiger partial charge on any atom is -0.431 e. The molecule has 0 saturated heterocycles. The van der Waals surface area contributed by atoms with Gasteiger partial charge in [-0.25, -0.2) is 9.37 Å². The number of hydrogen-bond acceptors (Lipinski definition) is 5. The molecule has 0 saturated carbocycles. The van der Waals surface area contributed by atoms with E-state index in [1.54, 1.807) is 23.5 Å². The molecule has 2 aromatic heterocycles. The fraction of sp³-hybridized carbons (Fsp3) is 0.100. The highest BCUT2D eigenvalue weighted by Crippen LogP contribution is 2.27. The molecule has 27 heavy (non-hydrogen) atoms. The lowest BCUT2D eigenvalue weighted by Crippen LogP contribution is -2.30. The van der Waals surface area contributed by atoms with Gasteiger partial charge in [0, 0.05) is 4.88 Å². The molecule has 1 atom stereocenters. The monoisotopic (exact) mass is 398 g/mol. The smallest absolute Gasteiger partial charge is 0.257 e. The number of nitrogens with one attached hydrogen (secondary N) is 1. The number of fused-ring (bicyclic) bond motifs is 1. The van der Waals surface area contributed by atoms with Crippen molar-refractivity contribution in [3.63, 3.8) is 0 Å². The quantitative estimate of drug-likeness (QED) is 0.463. The van der Waals surface area contributed by atoms with Crippen molar-refractivity contribution in [2.24, 2.45) is 0 Å². The molecule has 4 nitrogen and oxygen atoms in total. The molecule has 0 bridgehead atoms. The zero-order chi connectivity index (χ0) is 18.6. The van der Waals surface area contributed by atoms with E-state index in [1.165, 1.54) is 23.9 Å². The highest BCUT2D eigenvalue weighted by molar-refractivity contribution is 7.99. The van der Waals surface area contributed by atoms with Crippen LogP contribution in [0.2, 0.25) is 0 Å². The molecule has 0 radical (unpaired) electrons. The second-order valence-corrected chi connectivity index (χ2v) is 7.71. The van der Waals surface area contributed by atoms with E-state index in [4.69, 9.17) is 4.42 Å². The molecule has 4 aromatic rings. The average molecular weight is 398 g/mol. The van der Waals surface area contributed by atoms with Gasteiger partial charge in [-0.2, -0.15) is 0 Å². The van der Waals surface area contributed by atoms with E-state index in [-0.39, 0.29) is 23.5 Å². The van der Waals surface area contributed by atoms with Gasteiger partial charge in [0.25, 0.3) is 5.22 Å². The van der Waals surface area contributed by atoms with Crippen LogP contribution in [0.5, 0.6) is 0 Å². The average Bonchev–Trinajstić information content (AvgIpc) is 3.34. The van der Waals surface area contributed by atoms with Crippen molar-refractivity contribution >= 4 is 40.1 Å². The van der Waals surface area contributed by atoms with Crippen molar-refractivity contribution in [3.05, 3.63) is 82.3 Å². The second-order valence-electron chi connectivity index (χ2n) is 5.80. The maximum absolute atomic E-state index is 13.2. The molecule has 4 rings (SSSR count). The van der Waals surface area contributed by atoms with Gasteiger partial charge in [-0.3, -0.25) is 4.79 Å². The Balaban J connectivity index is 1.46. The van der Waals surface area contributed by atoms with Crippen LogP contribution in [0.3, 0.4) is 0 Å². The van der Waals surface area contributed by atoms with Crippen molar-refractivity contribution in [2.75, 3.05) is 5.75 Å². The van der Waals surface area contributed by atoms with Gasteiger partial charge in [-0.15, -0.1) is 11.3 Å². The highest BCUT2D eigenvalue weighted by atomic mass is 32.2. The summed E-state index contributed by atoms with van der Waals surface area (Å²) in [6.07, 6.45) is 0.